The van der Waals surface area contributed by atoms with E-state index in [0.717, 1.165) is 77.1 Å². The molecule has 5 N–H and O–H groups in total. The molecule has 5 aliphatic heterocycles. The summed E-state index contributed by atoms with van der Waals surface area (Å²) >= 11 is 0. The van der Waals surface area contributed by atoms with Crippen LogP contribution >= 0.6 is 0 Å². The third kappa shape index (κ3) is 24.5. The van der Waals surface area contributed by atoms with Crippen LogP contribution in [-0.4, -0.2) is 134 Å². The number of anilines is 4. The number of ether oxygens (including phenoxy) is 2. The Balaban J connectivity index is 0.000000384. The van der Waals surface area contributed by atoms with Crippen LogP contribution in [0.5, 0.6) is 0 Å². The minimum absolute atomic E-state index is 0. The van der Waals surface area contributed by atoms with Crippen LogP contribution in [-0.2, 0) is 33.1 Å². The van der Waals surface area contributed by atoms with E-state index in [0.29, 0.717) is 25.4 Å². The van der Waals surface area contributed by atoms with Crippen LogP contribution in [0.1, 0.15) is 158 Å². The summed E-state index contributed by atoms with van der Waals surface area (Å²) in [7, 11) is 1.60. The maximum absolute atomic E-state index is 12.4. The first kappa shape index (κ1) is 77.6. The summed E-state index contributed by atoms with van der Waals surface area (Å²) in [6.45, 7) is 21.5. The van der Waals surface area contributed by atoms with Crippen molar-refractivity contribution in [3.05, 3.63) is 132 Å². The normalized spacial score (nSPS) is 17.8. The molecule has 3 radical (unpaired) electrons. The molecule has 2 saturated heterocycles. The number of benzene rings is 4. The quantitative estimate of drug-likeness (QED) is 0.0572. The van der Waals surface area contributed by atoms with Crippen molar-refractivity contribution >= 4 is 77.5 Å². The van der Waals surface area contributed by atoms with Gasteiger partial charge in [-0.15, -0.1) is 0 Å². The van der Waals surface area contributed by atoms with Crippen LogP contribution in [0.4, 0.5) is 45.5 Å². The SMILES string of the molecule is CC(C)(C)OC(=O)N1CCCC=C1OS(=O)(=O)C(F)(F)F.CNc1cccc(B2OC(C)(C)C(C)(C)O2)c1.CNc1cccc(C2=CCCCN2C(=O)OC(C)(C)C)c1.CNc1cccc(C2=NCCCC2)c1.CNc1cccc(C2CCCCN2)c1.[B].[H-].[Na+]. The van der Waals surface area contributed by atoms with E-state index in [1.165, 1.54) is 54.6 Å². The number of nitrogens with one attached hydrogen (secondary N) is 5. The van der Waals surface area contributed by atoms with Gasteiger partial charge in [-0.2, -0.15) is 21.6 Å². The van der Waals surface area contributed by atoms with E-state index in [1.807, 2.05) is 85.4 Å². The smallest absolute Gasteiger partial charge is 1.00 e. The summed E-state index contributed by atoms with van der Waals surface area (Å²) in [5, 5.41) is 16.1. The zero-order valence-electron chi connectivity index (χ0n) is 56.1. The molecule has 1 unspecified atom stereocenters. The Morgan fingerprint density at radius 1 is 0.663 bits per heavy atom. The van der Waals surface area contributed by atoms with Gasteiger partial charge in [0.25, 0.3) is 0 Å². The van der Waals surface area contributed by atoms with E-state index in [-0.39, 0.29) is 70.4 Å². The van der Waals surface area contributed by atoms with Gasteiger partial charge in [0.05, 0.1) is 16.9 Å². The maximum atomic E-state index is 12.4. The van der Waals surface area contributed by atoms with Crippen LogP contribution in [0.3, 0.4) is 0 Å². The average molecular weight is 1270 g/mol. The molecule has 2 fully saturated rings. The first-order chi connectivity index (χ1) is 40.9. The molecule has 2 amide bonds. The van der Waals surface area contributed by atoms with E-state index in [9.17, 15) is 31.2 Å². The minimum Gasteiger partial charge on any atom is -1.00 e. The molecule has 24 heteroatoms. The molecule has 0 spiro atoms. The van der Waals surface area contributed by atoms with Crippen molar-refractivity contribution < 1.29 is 85.1 Å². The van der Waals surface area contributed by atoms with Crippen LogP contribution in [0.15, 0.2) is 120 Å². The summed E-state index contributed by atoms with van der Waals surface area (Å²) in [5.41, 5.74) is 3.96. The van der Waals surface area contributed by atoms with Crippen molar-refractivity contribution in [1.29, 1.82) is 0 Å². The van der Waals surface area contributed by atoms with Crippen LogP contribution in [0, 0.1) is 0 Å². The fourth-order valence-electron chi connectivity index (χ4n) is 9.42. The zero-order chi connectivity index (χ0) is 64.2. The van der Waals surface area contributed by atoms with Gasteiger partial charge >= 0.3 is 64.5 Å². The molecule has 17 nitrogen and oxygen atoms in total. The maximum Gasteiger partial charge on any atom is 1.00 e. The van der Waals surface area contributed by atoms with Crippen molar-refractivity contribution in [1.82, 2.24) is 15.1 Å². The third-order valence-corrected chi connectivity index (χ3v) is 15.7. The molecule has 4 aromatic rings. The molecule has 5 heterocycles. The number of amides is 2. The predicted octanol–water partition coefficient (Wildman–Crippen LogP) is 10.8. The Labute approximate surface area is 554 Å². The monoisotopic (exact) mass is 1270 g/mol. The van der Waals surface area contributed by atoms with Crippen molar-refractivity contribution in [2.45, 2.75) is 167 Å². The molecular formula is C65H95B2F3N8NaO9S. The summed E-state index contributed by atoms with van der Waals surface area (Å²) in [4.78, 5) is 31.3. The van der Waals surface area contributed by atoms with Gasteiger partial charge in [0.2, 0.25) is 5.88 Å². The van der Waals surface area contributed by atoms with E-state index in [1.54, 1.807) is 25.7 Å². The summed E-state index contributed by atoms with van der Waals surface area (Å²) in [6.07, 6.45) is 12.3. The van der Waals surface area contributed by atoms with Gasteiger partial charge in [0.15, 0.2) is 0 Å². The van der Waals surface area contributed by atoms with E-state index < -0.39 is 38.8 Å². The topological polar surface area (TPSA) is 193 Å². The fourth-order valence-corrected chi connectivity index (χ4v) is 9.90. The molecule has 0 bridgehead atoms. The summed E-state index contributed by atoms with van der Waals surface area (Å²) in [6, 6.07) is 33.9. The minimum atomic E-state index is -5.83. The van der Waals surface area contributed by atoms with Gasteiger partial charge in [0, 0.05) is 96.3 Å². The summed E-state index contributed by atoms with van der Waals surface area (Å²) in [5.74, 6) is -0.687. The third-order valence-electron chi connectivity index (χ3n) is 14.7. The van der Waals surface area contributed by atoms with E-state index in [4.69, 9.17) is 18.8 Å². The molecule has 0 aliphatic carbocycles. The van der Waals surface area contributed by atoms with Crippen molar-refractivity contribution in [3.63, 3.8) is 0 Å². The molecule has 5 aliphatic rings. The number of hydrogen-bond donors (Lipinski definition) is 5. The molecule has 89 heavy (non-hydrogen) atoms. The first-order valence-electron chi connectivity index (χ1n) is 30.1. The molecule has 0 aromatic heterocycles. The Hall–Kier alpha value is -5.68. The number of rotatable bonds is 10. The van der Waals surface area contributed by atoms with E-state index >= 15 is 0 Å². The number of allylic oxidation sites excluding steroid dienone is 2. The van der Waals surface area contributed by atoms with Crippen LogP contribution in [0.25, 0.3) is 5.70 Å². The van der Waals surface area contributed by atoms with Gasteiger partial charge in [0.1, 0.15) is 11.2 Å². The first-order valence-corrected chi connectivity index (χ1v) is 31.5. The number of alkyl halides is 3. The van der Waals surface area contributed by atoms with Crippen molar-refractivity contribution in [3.8, 4) is 0 Å². The fraction of sp³-hybridized carbons (Fsp3) is 0.523. The number of piperidine rings is 1. The number of hydrogen-bond acceptors (Lipinski definition) is 15. The second-order valence-corrected chi connectivity index (χ2v) is 26.0. The Kier molecular flexibility index (Phi) is 30.7. The molecule has 1 atom stereocenters. The Bertz CT molecular complexity index is 3090. The Morgan fingerprint density at radius 2 is 1.16 bits per heavy atom. The van der Waals surface area contributed by atoms with Gasteiger partial charge in [-0.05, 0) is 205 Å². The number of carbonyl (C=O) groups excluding carboxylic acids is 2. The van der Waals surface area contributed by atoms with E-state index in [2.05, 4.69) is 130 Å². The zero-order valence-corrected chi connectivity index (χ0v) is 57.9. The summed E-state index contributed by atoms with van der Waals surface area (Å²) < 4.78 is 85.5. The van der Waals surface area contributed by atoms with Crippen molar-refractivity contribution in [2.75, 3.05) is 75.6 Å². The number of carbonyl (C=O) groups is 2. The molecule has 483 valence electrons. The molecular weight excluding hydrogens is 1170 g/mol. The number of aliphatic imine (C=N–C) groups is 1. The largest absolute Gasteiger partial charge is 1.00 e. The predicted molar refractivity (Wildman–Crippen MR) is 353 cm³/mol. The molecule has 9 rings (SSSR count). The van der Waals surface area contributed by atoms with Gasteiger partial charge in [-0.1, -0.05) is 61.0 Å². The standard InChI is InChI=1S/C17H24N2O2.C13H20BNO2.C12H18N2.C12H16N2.C11H16F3NO5S.B.Na.H/c1-17(2,3)21-16(20)19-11-6-5-10-15(19)13-8-7-9-14(12-13)18-4;1-12(2)13(3,4)17-14(16-12)10-7-6-8-11(9-10)15-5;2*1-13-11-6-4-5-10(9-11)12-7-2-3-8-14-12;1-10(2,3)19-9(16)15-7-5-4-6-8(15)20-21(17,18)11(12,13)14;;;/h7-10,12,18H,5-6,11H2,1-4H3;6-9,15H,1-5H3;4-6,9,12-14H,2-3,7-8H2,1H3;4-6,9,13H,2-3,7-8H2,1H3;6H,4-5,7H2,1-3H3;;;/q;;;;;;+1;-1. The second-order valence-electron chi connectivity index (χ2n) is 24.5. The van der Waals surface area contributed by atoms with Gasteiger partial charge in [-0.3, -0.25) is 9.89 Å². The number of halogens is 3. The van der Waals surface area contributed by atoms with Gasteiger partial charge in [-0.25, -0.2) is 14.5 Å². The number of nitrogens with zero attached hydrogens (tertiary/aromatic N) is 3. The van der Waals surface area contributed by atoms with Crippen molar-refractivity contribution in [2.24, 2.45) is 4.99 Å². The molecule has 0 saturated carbocycles. The molecule has 4 aromatic carbocycles. The van der Waals surface area contributed by atoms with Crippen LogP contribution in [0.2, 0.25) is 0 Å². The second kappa shape index (κ2) is 35.2. The van der Waals surface area contributed by atoms with Gasteiger partial charge < -0.3 is 51.0 Å². The average Bonchev–Trinajstić information content (AvgIpc) is 2.82. The van der Waals surface area contributed by atoms with Crippen LogP contribution < -0.4 is 61.6 Å². The Morgan fingerprint density at radius 3 is 1.67 bits per heavy atom.